The van der Waals surface area contributed by atoms with Gasteiger partial charge in [0, 0.05) is 26.2 Å². The summed E-state index contributed by atoms with van der Waals surface area (Å²) in [7, 11) is 0. The standard InChI is InChI=1S/C7H11N5/c1-2-10-11-7(9-1)12-5-3-8-4-6-12/h1-2,8H,3-6H2. The molecule has 5 heteroatoms. The number of piperazine rings is 1. The number of rotatable bonds is 1. The van der Waals surface area contributed by atoms with E-state index in [0.29, 0.717) is 0 Å². The summed E-state index contributed by atoms with van der Waals surface area (Å²) in [6, 6.07) is 0. The third-order valence-corrected chi connectivity index (χ3v) is 1.87. The monoisotopic (exact) mass is 165 g/mol. The summed E-state index contributed by atoms with van der Waals surface area (Å²) in [6.07, 6.45) is 3.26. The molecule has 12 heavy (non-hydrogen) atoms. The Morgan fingerprint density at radius 1 is 1.25 bits per heavy atom. The molecule has 0 unspecified atom stereocenters. The van der Waals surface area contributed by atoms with E-state index in [9.17, 15) is 0 Å². The fourth-order valence-electron chi connectivity index (χ4n) is 1.25. The second-order valence-electron chi connectivity index (χ2n) is 2.68. The van der Waals surface area contributed by atoms with Crippen LogP contribution in [0.15, 0.2) is 12.4 Å². The predicted molar refractivity (Wildman–Crippen MR) is 44.9 cm³/mol. The van der Waals surface area contributed by atoms with Crippen LogP contribution in [0.1, 0.15) is 0 Å². The zero-order chi connectivity index (χ0) is 8.23. The number of aromatic nitrogens is 3. The molecule has 1 aliphatic heterocycles. The van der Waals surface area contributed by atoms with Gasteiger partial charge in [-0.15, -0.1) is 5.10 Å². The van der Waals surface area contributed by atoms with Crippen LogP contribution in [-0.2, 0) is 0 Å². The number of hydrogen-bond donors (Lipinski definition) is 1. The van der Waals surface area contributed by atoms with Crippen molar-refractivity contribution in [1.29, 1.82) is 0 Å². The van der Waals surface area contributed by atoms with Crippen molar-refractivity contribution < 1.29 is 0 Å². The van der Waals surface area contributed by atoms with Gasteiger partial charge in [-0.2, -0.15) is 5.10 Å². The van der Waals surface area contributed by atoms with E-state index in [2.05, 4.69) is 25.4 Å². The molecule has 0 amide bonds. The molecule has 1 aromatic heterocycles. The van der Waals surface area contributed by atoms with Gasteiger partial charge in [-0.3, -0.25) is 0 Å². The highest BCUT2D eigenvalue weighted by Crippen LogP contribution is 2.03. The number of nitrogens with zero attached hydrogens (tertiary/aromatic N) is 4. The molecule has 0 bridgehead atoms. The second-order valence-corrected chi connectivity index (χ2v) is 2.68. The first-order valence-electron chi connectivity index (χ1n) is 4.06. The van der Waals surface area contributed by atoms with Crippen LogP contribution in [0.2, 0.25) is 0 Å². The average Bonchev–Trinajstić information content (AvgIpc) is 2.21. The summed E-state index contributed by atoms with van der Waals surface area (Å²) in [5.41, 5.74) is 0. The normalized spacial score (nSPS) is 17.8. The molecule has 1 N–H and O–H groups in total. The molecule has 0 aromatic carbocycles. The maximum absolute atomic E-state index is 4.13. The van der Waals surface area contributed by atoms with Crippen LogP contribution >= 0.6 is 0 Å². The molecule has 0 atom stereocenters. The Morgan fingerprint density at radius 2 is 2.08 bits per heavy atom. The molecular weight excluding hydrogens is 154 g/mol. The Labute approximate surface area is 70.8 Å². The Bertz CT molecular complexity index is 231. The third-order valence-electron chi connectivity index (χ3n) is 1.87. The fraction of sp³-hybridized carbons (Fsp3) is 0.571. The lowest BCUT2D eigenvalue weighted by Crippen LogP contribution is -2.44. The van der Waals surface area contributed by atoms with Crippen LogP contribution in [0.5, 0.6) is 0 Å². The van der Waals surface area contributed by atoms with E-state index in [1.807, 2.05) is 0 Å². The lowest BCUT2D eigenvalue weighted by atomic mass is 10.4. The first-order valence-corrected chi connectivity index (χ1v) is 4.06. The minimum atomic E-state index is 0.735. The van der Waals surface area contributed by atoms with Crippen molar-refractivity contribution in [3.05, 3.63) is 12.4 Å². The van der Waals surface area contributed by atoms with Crippen molar-refractivity contribution in [3.63, 3.8) is 0 Å². The first kappa shape index (κ1) is 7.42. The highest BCUT2D eigenvalue weighted by atomic mass is 15.3. The van der Waals surface area contributed by atoms with Crippen LogP contribution < -0.4 is 10.2 Å². The van der Waals surface area contributed by atoms with Crippen LogP contribution in [0.3, 0.4) is 0 Å². The average molecular weight is 165 g/mol. The molecule has 2 rings (SSSR count). The van der Waals surface area contributed by atoms with E-state index in [1.54, 1.807) is 12.4 Å². The molecule has 5 nitrogen and oxygen atoms in total. The number of anilines is 1. The summed E-state index contributed by atoms with van der Waals surface area (Å²) in [5, 5.41) is 11.0. The topological polar surface area (TPSA) is 53.9 Å². The van der Waals surface area contributed by atoms with E-state index in [4.69, 9.17) is 0 Å². The summed E-state index contributed by atoms with van der Waals surface area (Å²) < 4.78 is 0. The molecule has 0 radical (unpaired) electrons. The van der Waals surface area contributed by atoms with E-state index in [1.165, 1.54) is 0 Å². The maximum atomic E-state index is 4.13. The van der Waals surface area contributed by atoms with Gasteiger partial charge in [0.2, 0.25) is 5.95 Å². The van der Waals surface area contributed by atoms with Crippen molar-refractivity contribution in [1.82, 2.24) is 20.5 Å². The molecule has 0 saturated carbocycles. The molecule has 1 fully saturated rings. The summed E-state index contributed by atoms with van der Waals surface area (Å²) >= 11 is 0. The Morgan fingerprint density at radius 3 is 2.75 bits per heavy atom. The van der Waals surface area contributed by atoms with Crippen molar-refractivity contribution >= 4 is 5.95 Å². The second kappa shape index (κ2) is 3.44. The number of nitrogens with one attached hydrogen (secondary N) is 1. The molecule has 1 aromatic rings. The van der Waals surface area contributed by atoms with Crippen LogP contribution in [0.25, 0.3) is 0 Å². The quantitative estimate of drug-likeness (QED) is 0.595. The molecule has 1 aliphatic rings. The Kier molecular flexibility index (Phi) is 2.13. The van der Waals surface area contributed by atoms with Crippen LogP contribution in [-0.4, -0.2) is 41.4 Å². The molecule has 2 heterocycles. The highest BCUT2D eigenvalue weighted by molar-refractivity contribution is 5.27. The lowest BCUT2D eigenvalue weighted by Gasteiger charge is -2.26. The molecule has 0 spiro atoms. The van der Waals surface area contributed by atoms with E-state index >= 15 is 0 Å². The van der Waals surface area contributed by atoms with Crippen molar-refractivity contribution in [2.24, 2.45) is 0 Å². The van der Waals surface area contributed by atoms with Crippen molar-refractivity contribution in [3.8, 4) is 0 Å². The molecule has 0 aliphatic carbocycles. The third kappa shape index (κ3) is 1.50. The van der Waals surface area contributed by atoms with E-state index in [-0.39, 0.29) is 0 Å². The van der Waals surface area contributed by atoms with Crippen molar-refractivity contribution in [2.75, 3.05) is 31.1 Å². The van der Waals surface area contributed by atoms with E-state index < -0.39 is 0 Å². The van der Waals surface area contributed by atoms with Gasteiger partial charge in [-0.25, -0.2) is 4.98 Å². The van der Waals surface area contributed by atoms with Gasteiger partial charge < -0.3 is 10.2 Å². The highest BCUT2D eigenvalue weighted by Gasteiger charge is 2.11. The predicted octanol–water partition coefficient (Wildman–Crippen LogP) is -0.719. The van der Waals surface area contributed by atoms with Gasteiger partial charge in [0.1, 0.15) is 0 Å². The maximum Gasteiger partial charge on any atom is 0.245 e. The van der Waals surface area contributed by atoms with Gasteiger partial charge in [0.15, 0.2) is 0 Å². The Hall–Kier alpha value is -1.23. The number of hydrogen-bond acceptors (Lipinski definition) is 5. The molecular formula is C7H11N5. The summed E-state index contributed by atoms with van der Waals surface area (Å²) in [5.74, 6) is 0.735. The lowest BCUT2D eigenvalue weighted by molar-refractivity contribution is 0.576. The fourth-order valence-corrected chi connectivity index (χ4v) is 1.25. The Balaban J connectivity index is 2.08. The van der Waals surface area contributed by atoms with Crippen LogP contribution in [0, 0.1) is 0 Å². The van der Waals surface area contributed by atoms with Gasteiger partial charge in [0.05, 0.1) is 12.4 Å². The summed E-state index contributed by atoms with van der Waals surface area (Å²) in [4.78, 5) is 6.26. The summed E-state index contributed by atoms with van der Waals surface area (Å²) in [6.45, 7) is 3.92. The molecule has 1 saturated heterocycles. The minimum Gasteiger partial charge on any atom is -0.337 e. The largest absolute Gasteiger partial charge is 0.337 e. The van der Waals surface area contributed by atoms with Gasteiger partial charge in [-0.05, 0) is 0 Å². The zero-order valence-electron chi connectivity index (χ0n) is 6.77. The SMILES string of the molecule is c1cnc(N2CCNCC2)nn1. The van der Waals surface area contributed by atoms with Gasteiger partial charge in [0.25, 0.3) is 0 Å². The molecule has 64 valence electrons. The van der Waals surface area contributed by atoms with Gasteiger partial charge in [-0.1, -0.05) is 0 Å². The smallest absolute Gasteiger partial charge is 0.245 e. The van der Waals surface area contributed by atoms with Crippen molar-refractivity contribution in [2.45, 2.75) is 0 Å². The zero-order valence-corrected chi connectivity index (χ0v) is 6.77. The van der Waals surface area contributed by atoms with Crippen LogP contribution in [0.4, 0.5) is 5.95 Å². The first-order chi connectivity index (χ1) is 5.97. The van der Waals surface area contributed by atoms with Gasteiger partial charge >= 0.3 is 0 Å². The van der Waals surface area contributed by atoms with E-state index in [0.717, 1.165) is 32.1 Å². The minimum absolute atomic E-state index is 0.735.